The number of hydrogen-bond acceptors (Lipinski definition) is 4. The first-order valence-electron chi connectivity index (χ1n) is 7.75. The molecule has 2 saturated carbocycles. The molecule has 1 aromatic heterocycles. The molecule has 2 bridgehead atoms. The second-order valence-corrected chi connectivity index (χ2v) is 6.60. The molecule has 1 heterocycles. The van der Waals surface area contributed by atoms with E-state index >= 15 is 0 Å². The quantitative estimate of drug-likeness (QED) is 0.641. The Hall–Kier alpha value is -1.13. The van der Waals surface area contributed by atoms with E-state index < -0.39 is 0 Å². The van der Waals surface area contributed by atoms with Gasteiger partial charge in [0.05, 0.1) is 18.3 Å². The van der Waals surface area contributed by atoms with Gasteiger partial charge in [0.2, 0.25) is 0 Å². The van der Waals surface area contributed by atoms with Gasteiger partial charge in [0.25, 0.3) is 0 Å². The van der Waals surface area contributed by atoms with Crippen molar-refractivity contribution in [3.8, 4) is 5.75 Å². The van der Waals surface area contributed by atoms with Crippen LogP contribution in [0.5, 0.6) is 5.75 Å². The fourth-order valence-corrected chi connectivity index (χ4v) is 4.11. The van der Waals surface area contributed by atoms with Gasteiger partial charge >= 0.3 is 0 Å². The van der Waals surface area contributed by atoms with Crippen LogP contribution in [0.25, 0.3) is 0 Å². The van der Waals surface area contributed by atoms with Crippen molar-refractivity contribution < 1.29 is 4.74 Å². The molecule has 0 saturated heterocycles. The molecule has 0 radical (unpaired) electrons. The molecule has 4 atom stereocenters. The lowest BCUT2D eigenvalue weighted by atomic mass is 9.81. The van der Waals surface area contributed by atoms with Crippen molar-refractivity contribution >= 4 is 0 Å². The second-order valence-electron chi connectivity index (χ2n) is 6.60. The minimum absolute atomic E-state index is 0.166. The summed E-state index contributed by atoms with van der Waals surface area (Å²) in [4.78, 5) is 4.32. The number of pyridine rings is 1. The van der Waals surface area contributed by atoms with E-state index in [1.54, 1.807) is 6.20 Å². The number of fused-ring (bicyclic) bond motifs is 2. The van der Waals surface area contributed by atoms with E-state index in [9.17, 15) is 0 Å². The summed E-state index contributed by atoms with van der Waals surface area (Å²) in [6.07, 6.45) is 9.32. The first-order valence-corrected chi connectivity index (χ1v) is 7.75. The zero-order valence-electron chi connectivity index (χ0n) is 12.4. The third-order valence-corrected chi connectivity index (χ3v) is 4.87. The average Bonchev–Trinajstić information content (AvgIpc) is 3.02. The molecular weight excluding hydrogens is 250 g/mol. The van der Waals surface area contributed by atoms with Crippen LogP contribution in [0.4, 0.5) is 0 Å². The fraction of sp³-hybridized carbons (Fsp3) is 0.688. The molecule has 4 unspecified atom stereocenters. The highest BCUT2D eigenvalue weighted by Gasteiger charge is 2.43. The van der Waals surface area contributed by atoms with E-state index in [1.165, 1.54) is 25.7 Å². The van der Waals surface area contributed by atoms with Crippen molar-refractivity contribution in [3.05, 3.63) is 24.0 Å². The molecular formula is C16H25N3O. The lowest BCUT2D eigenvalue weighted by Crippen LogP contribution is -2.35. The van der Waals surface area contributed by atoms with E-state index in [1.807, 2.05) is 20.0 Å². The SMILES string of the molecule is CC(C)Oc1cncc(C(NN)C2CC3CCC2C3)c1. The Balaban J connectivity index is 1.79. The van der Waals surface area contributed by atoms with Gasteiger partial charge in [-0.15, -0.1) is 0 Å². The Morgan fingerprint density at radius 3 is 2.75 bits per heavy atom. The maximum Gasteiger partial charge on any atom is 0.138 e. The minimum atomic E-state index is 0.166. The number of nitrogens with zero attached hydrogens (tertiary/aromatic N) is 1. The van der Waals surface area contributed by atoms with Crippen LogP contribution in [-0.4, -0.2) is 11.1 Å². The van der Waals surface area contributed by atoms with E-state index in [2.05, 4.69) is 16.5 Å². The van der Waals surface area contributed by atoms with Crippen molar-refractivity contribution in [2.24, 2.45) is 23.6 Å². The molecule has 0 aromatic carbocycles. The Morgan fingerprint density at radius 2 is 2.15 bits per heavy atom. The molecule has 0 spiro atoms. The van der Waals surface area contributed by atoms with Crippen molar-refractivity contribution in [1.82, 2.24) is 10.4 Å². The van der Waals surface area contributed by atoms with E-state index in [0.29, 0.717) is 5.92 Å². The number of rotatable bonds is 5. The van der Waals surface area contributed by atoms with Gasteiger partial charge in [0.15, 0.2) is 0 Å². The minimum Gasteiger partial charge on any atom is -0.489 e. The topological polar surface area (TPSA) is 60.2 Å². The van der Waals surface area contributed by atoms with Crippen LogP contribution in [0.1, 0.15) is 51.1 Å². The largest absolute Gasteiger partial charge is 0.489 e. The third kappa shape index (κ3) is 2.67. The van der Waals surface area contributed by atoms with Crippen LogP contribution in [0, 0.1) is 17.8 Å². The lowest BCUT2D eigenvalue weighted by Gasteiger charge is -2.30. The van der Waals surface area contributed by atoms with E-state index in [0.717, 1.165) is 23.1 Å². The molecule has 20 heavy (non-hydrogen) atoms. The van der Waals surface area contributed by atoms with Crippen LogP contribution < -0.4 is 16.0 Å². The summed E-state index contributed by atoms with van der Waals surface area (Å²) in [5, 5.41) is 0. The van der Waals surface area contributed by atoms with Crippen molar-refractivity contribution in [1.29, 1.82) is 0 Å². The first-order chi connectivity index (χ1) is 9.67. The molecule has 0 amide bonds. The van der Waals surface area contributed by atoms with Gasteiger partial charge < -0.3 is 4.74 Å². The van der Waals surface area contributed by atoms with Gasteiger partial charge in [-0.3, -0.25) is 16.3 Å². The standard InChI is InChI=1S/C16H25N3O/c1-10(2)20-14-7-13(8-18-9-14)16(19-17)15-6-11-3-4-12(15)5-11/h7-12,15-16,19H,3-6,17H2,1-2H3. The number of nitrogens with one attached hydrogen (secondary N) is 1. The summed E-state index contributed by atoms with van der Waals surface area (Å²) < 4.78 is 5.74. The molecule has 3 N–H and O–H groups in total. The van der Waals surface area contributed by atoms with E-state index in [-0.39, 0.29) is 12.1 Å². The lowest BCUT2D eigenvalue weighted by molar-refractivity contribution is 0.236. The highest BCUT2D eigenvalue weighted by atomic mass is 16.5. The second kappa shape index (κ2) is 5.70. The van der Waals surface area contributed by atoms with Crippen LogP contribution in [-0.2, 0) is 0 Å². The van der Waals surface area contributed by atoms with Gasteiger partial charge in [0.1, 0.15) is 5.75 Å². The van der Waals surface area contributed by atoms with Crippen LogP contribution in [0.2, 0.25) is 0 Å². The van der Waals surface area contributed by atoms with Gasteiger partial charge in [-0.1, -0.05) is 6.42 Å². The molecule has 3 rings (SSSR count). The van der Waals surface area contributed by atoms with Crippen molar-refractivity contribution in [2.75, 3.05) is 0 Å². The number of hydrazine groups is 1. The number of hydrogen-bond donors (Lipinski definition) is 2. The summed E-state index contributed by atoms with van der Waals surface area (Å²) in [6, 6.07) is 2.29. The summed E-state index contributed by atoms with van der Waals surface area (Å²) in [5.41, 5.74) is 4.19. The Morgan fingerprint density at radius 1 is 1.30 bits per heavy atom. The maximum absolute atomic E-state index is 5.85. The fourth-order valence-electron chi connectivity index (χ4n) is 4.11. The molecule has 4 nitrogen and oxygen atoms in total. The summed E-state index contributed by atoms with van der Waals surface area (Å²) in [6.45, 7) is 4.06. The molecule has 2 aliphatic carbocycles. The predicted octanol–water partition coefficient (Wildman–Crippen LogP) is 2.81. The molecule has 4 heteroatoms. The molecule has 2 aliphatic rings. The Kier molecular flexibility index (Phi) is 3.94. The van der Waals surface area contributed by atoms with Gasteiger partial charge in [-0.25, -0.2) is 0 Å². The third-order valence-electron chi connectivity index (χ3n) is 4.87. The Bertz CT molecular complexity index is 463. The highest BCUT2D eigenvalue weighted by molar-refractivity contribution is 5.27. The normalized spacial score (nSPS) is 29.9. The monoisotopic (exact) mass is 275 g/mol. The van der Waals surface area contributed by atoms with Gasteiger partial charge in [-0.05, 0) is 62.5 Å². The van der Waals surface area contributed by atoms with E-state index in [4.69, 9.17) is 10.6 Å². The smallest absolute Gasteiger partial charge is 0.138 e. The van der Waals surface area contributed by atoms with Gasteiger partial charge in [0, 0.05) is 6.20 Å². The summed E-state index contributed by atoms with van der Waals surface area (Å²) in [7, 11) is 0. The zero-order valence-corrected chi connectivity index (χ0v) is 12.4. The first kappa shape index (κ1) is 13.8. The van der Waals surface area contributed by atoms with Crippen molar-refractivity contribution in [2.45, 2.75) is 51.7 Å². The molecule has 110 valence electrons. The van der Waals surface area contributed by atoms with Crippen molar-refractivity contribution in [3.63, 3.8) is 0 Å². The number of ether oxygens (including phenoxy) is 1. The average molecular weight is 275 g/mol. The number of nitrogens with two attached hydrogens (primary N) is 1. The molecule has 1 aromatic rings. The highest BCUT2D eigenvalue weighted by Crippen LogP contribution is 2.52. The Labute approximate surface area is 121 Å². The molecule has 0 aliphatic heterocycles. The zero-order chi connectivity index (χ0) is 14.1. The summed E-state index contributed by atoms with van der Waals surface area (Å²) >= 11 is 0. The van der Waals surface area contributed by atoms with Crippen LogP contribution in [0.3, 0.4) is 0 Å². The molecule has 2 fully saturated rings. The van der Waals surface area contributed by atoms with Crippen LogP contribution in [0.15, 0.2) is 18.5 Å². The summed E-state index contributed by atoms with van der Waals surface area (Å²) in [5.74, 6) is 9.08. The predicted molar refractivity (Wildman–Crippen MR) is 79.0 cm³/mol. The number of aromatic nitrogens is 1. The van der Waals surface area contributed by atoms with Crippen LogP contribution >= 0.6 is 0 Å². The van der Waals surface area contributed by atoms with Gasteiger partial charge in [-0.2, -0.15) is 0 Å². The maximum atomic E-state index is 5.85.